The maximum Gasteiger partial charge on any atom is 0.344 e. The van der Waals surface area contributed by atoms with Crippen LogP contribution in [0.4, 0.5) is 0 Å². The first-order valence-corrected chi connectivity index (χ1v) is 6.05. The van der Waals surface area contributed by atoms with Crippen molar-refractivity contribution in [3.8, 4) is 11.5 Å². The Bertz CT molecular complexity index is 458. The van der Waals surface area contributed by atoms with Gasteiger partial charge in [0, 0.05) is 5.56 Å². The summed E-state index contributed by atoms with van der Waals surface area (Å²) in [6.07, 6.45) is 0.0311. The lowest BCUT2D eigenvalue weighted by atomic mass is 10.2. The number of ether oxygens (including phenoxy) is 2. The van der Waals surface area contributed by atoms with Crippen molar-refractivity contribution in [1.82, 2.24) is 0 Å². The summed E-state index contributed by atoms with van der Waals surface area (Å²) < 4.78 is 11.0. The fourth-order valence-corrected chi connectivity index (χ4v) is 1.93. The molecule has 0 amide bonds. The molecule has 1 atom stereocenters. The van der Waals surface area contributed by atoms with E-state index in [4.69, 9.17) is 14.6 Å². The fraction of sp³-hybridized carbons (Fsp3) is 0.333. The number of carbonyl (C=O) groups excluding carboxylic acids is 1. The summed E-state index contributed by atoms with van der Waals surface area (Å²) in [5.41, 5.74) is 0.412. The van der Waals surface area contributed by atoms with E-state index >= 15 is 0 Å². The molecule has 1 N–H and O–H groups in total. The first kappa shape index (κ1) is 14.5. The number of rotatable bonds is 6. The molecule has 0 aliphatic heterocycles. The van der Waals surface area contributed by atoms with Crippen molar-refractivity contribution in [1.29, 1.82) is 0 Å². The van der Waals surface area contributed by atoms with Gasteiger partial charge in [-0.2, -0.15) is 0 Å². The molecule has 0 bridgehead atoms. The minimum absolute atomic E-state index is 0.275. The Kier molecular flexibility index (Phi) is 5.15. The fourth-order valence-electron chi connectivity index (χ4n) is 1.37. The number of aldehydes is 1. The Hall–Kier alpha value is -1.56. The molecule has 98 valence electrons. The molecule has 1 aromatic rings. The Morgan fingerprint density at radius 3 is 2.67 bits per heavy atom. The van der Waals surface area contributed by atoms with Gasteiger partial charge in [0.15, 0.2) is 17.6 Å². The number of hydrogen-bond donors (Lipinski definition) is 1. The van der Waals surface area contributed by atoms with Gasteiger partial charge in [-0.15, -0.1) is 0 Å². The molecule has 0 heterocycles. The van der Waals surface area contributed by atoms with Crippen molar-refractivity contribution in [2.24, 2.45) is 0 Å². The minimum atomic E-state index is -1.05. The predicted octanol–water partition coefficient (Wildman–Crippen LogP) is 2.51. The van der Waals surface area contributed by atoms with Crippen molar-refractivity contribution in [2.75, 3.05) is 7.11 Å². The molecule has 0 fully saturated rings. The van der Waals surface area contributed by atoms with Gasteiger partial charge in [-0.1, -0.05) is 6.92 Å². The van der Waals surface area contributed by atoms with E-state index in [0.717, 1.165) is 0 Å². The molecule has 0 aliphatic carbocycles. The Morgan fingerprint density at radius 2 is 2.22 bits per heavy atom. The maximum absolute atomic E-state index is 10.9. The molecule has 0 saturated heterocycles. The highest BCUT2D eigenvalue weighted by Crippen LogP contribution is 2.37. The molecular formula is C12H13BrO5. The monoisotopic (exact) mass is 316 g/mol. The van der Waals surface area contributed by atoms with Gasteiger partial charge in [0.05, 0.1) is 11.6 Å². The van der Waals surface area contributed by atoms with Crippen molar-refractivity contribution < 1.29 is 24.2 Å². The Balaban J connectivity index is 3.14. The van der Waals surface area contributed by atoms with Gasteiger partial charge in [0.1, 0.15) is 6.29 Å². The summed E-state index contributed by atoms with van der Waals surface area (Å²) in [6, 6.07) is 3.03. The van der Waals surface area contributed by atoms with Gasteiger partial charge in [-0.05, 0) is 34.5 Å². The first-order chi connectivity index (χ1) is 8.53. The number of benzene rings is 1. The molecule has 0 aromatic heterocycles. The van der Waals surface area contributed by atoms with E-state index in [1.54, 1.807) is 13.0 Å². The van der Waals surface area contributed by atoms with Crippen molar-refractivity contribution >= 4 is 28.2 Å². The molecule has 0 spiro atoms. The molecule has 1 aromatic carbocycles. The molecule has 5 nitrogen and oxygen atoms in total. The summed E-state index contributed by atoms with van der Waals surface area (Å²) in [5, 5.41) is 8.95. The standard InChI is InChI=1S/C12H13BrO5/c1-3-9(12(15)16)18-11-8(13)4-7(6-14)5-10(11)17-2/h4-6,9H,3H2,1-2H3,(H,15,16). The highest BCUT2D eigenvalue weighted by Gasteiger charge is 2.21. The third kappa shape index (κ3) is 3.22. The normalized spacial score (nSPS) is 11.7. The maximum atomic E-state index is 10.9. The predicted molar refractivity (Wildman–Crippen MR) is 68.4 cm³/mol. The van der Waals surface area contributed by atoms with E-state index in [9.17, 15) is 9.59 Å². The van der Waals surface area contributed by atoms with E-state index in [2.05, 4.69) is 15.9 Å². The van der Waals surface area contributed by atoms with Crippen LogP contribution < -0.4 is 9.47 Å². The zero-order chi connectivity index (χ0) is 13.7. The van der Waals surface area contributed by atoms with E-state index in [1.807, 2.05) is 0 Å². The van der Waals surface area contributed by atoms with Gasteiger partial charge in [-0.25, -0.2) is 4.79 Å². The second kappa shape index (κ2) is 6.39. The van der Waals surface area contributed by atoms with Crippen LogP contribution in [0, 0.1) is 0 Å². The lowest BCUT2D eigenvalue weighted by molar-refractivity contribution is -0.145. The molecule has 1 unspecified atom stereocenters. The van der Waals surface area contributed by atoms with Crippen LogP contribution in [0.3, 0.4) is 0 Å². The molecule has 6 heteroatoms. The van der Waals surface area contributed by atoms with Crippen LogP contribution in [0.15, 0.2) is 16.6 Å². The number of hydrogen-bond acceptors (Lipinski definition) is 4. The number of methoxy groups -OCH3 is 1. The third-order valence-corrected chi connectivity index (χ3v) is 2.88. The van der Waals surface area contributed by atoms with Crippen LogP contribution >= 0.6 is 15.9 Å². The number of carboxylic acids is 1. The zero-order valence-electron chi connectivity index (χ0n) is 9.97. The van der Waals surface area contributed by atoms with E-state index in [-0.39, 0.29) is 5.75 Å². The Morgan fingerprint density at radius 1 is 1.56 bits per heavy atom. The molecule has 0 saturated carbocycles. The zero-order valence-corrected chi connectivity index (χ0v) is 11.6. The summed E-state index contributed by atoms with van der Waals surface area (Å²) >= 11 is 3.23. The van der Waals surface area contributed by atoms with Crippen LogP contribution in [0.25, 0.3) is 0 Å². The Labute approximate surface area is 113 Å². The highest BCUT2D eigenvalue weighted by molar-refractivity contribution is 9.10. The average Bonchev–Trinajstić information content (AvgIpc) is 2.35. The molecule has 0 aliphatic rings. The minimum Gasteiger partial charge on any atom is -0.493 e. The van der Waals surface area contributed by atoms with Crippen LogP contribution in [0.1, 0.15) is 23.7 Å². The second-order valence-electron chi connectivity index (χ2n) is 3.50. The van der Waals surface area contributed by atoms with Crippen molar-refractivity contribution in [3.63, 3.8) is 0 Å². The van der Waals surface area contributed by atoms with Gasteiger partial charge in [0.2, 0.25) is 0 Å². The van der Waals surface area contributed by atoms with Gasteiger partial charge in [0.25, 0.3) is 0 Å². The molecular weight excluding hydrogens is 304 g/mol. The number of aliphatic carboxylic acids is 1. The van der Waals surface area contributed by atoms with E-state index in [0.29, 0.717) is 28.5 Å². The lowest BCUT2D eigenvalue weighted by Gasteiger charge is -2.17. The largest absolute Gasteiger partial charge is 0.493 e. The smallest absolute Gasteiger partial charge is 0.344 e. The molecule has 0 radical (unpaired) electrons. The quantitative estimate of drug-likeness (QED) is 0.816. The van der Waals surface area contributed by atoms with Gasteiger partial charge in [-0.3, -0.25) is 4.79 Å². The van der Waals surface area contributed by atoms with Crippen molar-refractivity contribution in [2.45, 2.75) is 19.4 Å². The topological polar surface area (TPSA) is 72.8 Å². The van der Waals surface area contributed by atoms with Crippen LogP contribution in [-0.4, -0.2) is 30.6 Å². The summed E-state index contributed by atoms with van der Waals surface area (Å²) in [4.78, 5) is 21.6. The van der Waals surface area contributed by atoms with E-state index in [1.165, 1.54) is 13.2 Å². The lowest BCUT2D eigenvalue weighted by Crippen LogP contribution is -2.26. The van der Waals surface area contributed by atoms with Crippen LogP contribution in [0.5, 0.6) is 11.5 Å². The second-order valence-corrected chi connectivity index (χ2v) is 4.36. The van der Waals surface area contributed by atoms with Gasteiger partial charge < -0.3 is 14.6 Å². The molecule has 18 heavy (non-hydrogen) atoms. The SMILES string of the molecule is CCC(Oc1c(Br)cc(C=O)cc1OC)C(=O)O. The van der Waals surface area contributed by atoms with Crippen LogP contribution in [-0.2, 0) is 4.79 Å². The number of halogens is 1. The van der Waals surface area contributed by atoms with Crippen molar-refractivity contribution in [3.05, 3.63) is 22.2 Å². The summed E-state index contributed by atoms with van der Waals surface area (Å²) in [6.45, 7) is 1.71. The molecule has 1 rings (SSSR count). The summed E-state index contributed by atoms with van der Waals surface area (Å²) in [5.74, 6) is -0.463. The first-order valence-electron chi connectivity index (χ1n) is 5.25. The van der Waals surface area contributed by atoms with E-state index < -0.39 is 12.1 Å². The summed E-state index contributed by atoms with van der Waals surface area (Å²) in [7, 11) is 1.42. The number of carboxylic acid groups (broad SMARTS) is 1. The number of carbonyl (C=O) groups is 2. The average molecular weight is 317 g/mol. The highest BCUT2D eigenvalue weighted by atomic mass is 79.9. The third-order valence-electron chi connectivity index (χ3n) is 2.29. The van der Waals surface area contributed by atoms with Gasteiger partial charge >= 0.3 is 5.97 Å². The van der Waals surface area contributed by atoms with Crippen LogP contribution in [0.2, 0.25) is 0 Å².